The molecule has 4 saturated carbocycles. The van der Waals surface area contributed by atoms with Crippen molar-refractivity contribution in [3.63, 3.8) is 0 Å². The minimum absolute atomic E-state index is 0.182. The topological polar surface area (TPSA) is 80.7 Å². The van der Waals surface area contributed by atoms with E-state index in [9.17, 15) is 13.2 Å². The van der Waals surface area contributed by atoms with Crippen molar-refractivity contribution in [2.75, 3.05) is 0 Å². The molecule has 0 saturated heterocycles. The average Bonchev–Trinajstić information content (AvgIpc) is 2.91. The summed E-state index contributed by atoms with van der Waals surface area (Å²) >= 11 is 0. The van der Waals surface area contributed by atoms with Crippen LogP contribution in [0.1, 0.15) is 78.6 Å². The van der Waals surface area contributed by atoms with E-state index in [-0.39, 0.29) is 22.9 Å². The standard InChI is InChI=1S/C21H34O5S/c1-13(22)17-6-7-18-16-5-4-14-12-15(26-27(23,24)25)8-10-20(14,2)19(16)9-11-21(17,18)3/h14-19H,4-12H2,1-3H3,(H,23,24,25)/t14-,15+,16-,17+,18-,19-,20-,21+/m0/s1. The molecular weight excluding hydrogens is 364 g/mol. The normalized spacial score (nSPS) is 49.8. The van der Waals surface area contributed by atoms with Gasteiger partial charge < -0.3 is 0 Å². The summed E-state index contributed by atoms with van der Waals surface area (Å²) in [6.45, 7) is 6.57. The van der Waals surface area contributed by atoms with Gasteiger partial charge in [-0.2, -0.15) is 8.42 Å². The van der Waals surface area contributed by atoms with Gasteiger partial charge in [-0.05, 0) is 99.2 Å². The Labute approximate surface area is 163 Å². The summed E-state index contributed by atoms with van der Waals surface area (Å²) in [5, 5.41) is 0. The smallest absolute Gasteiger partial charge is 0.300 e. The summed E-state index contributed by atoms with van der Waals surface area (Å²) < 4.78 is 36.2. The molecule has 4 aliphatic rings. The highest BCUT2D eigenvalue weighted by atomic mass is 32.3. The Kier molecular flexibility index (Phi) is 4.80. The van der Waals surface area contributed by atoms with E-state index in [0.717, 1.165) is 32.1 Å². The van der Waals surface area contributed by atoms with E-state index in [2.05, 4.69) is 13.8 Å². The lowest BCUT2D eigenvalue weighted by molar-refractivity contribution is -0.137. The lowest BCUT2D eigenvalue weighted by Gasteiger charge is -2.61. The van der Waals surface area contributed by atoms with Crippen molar-refractivity contribution < 1.29 is 21.9 Å². The lowest BCUT2D eigenvalue weighted by Crippen LogP contribution is -2.54. The molecule has 4 fully saturated rings. The minimum atomic E-state index is -4.37. The van der Waals surface area contributed by atoms with E-state index in [1.54, 1.807) is 6.92 Å². The van der Waals surface area contributed by atoms with E-state index >= 15 is 0 Å². The van der Waals surface area contributed by atoms with Crippen LogP contribution in [0, 0.1) is 40.4 Å². The lowest BCUT2D eigenvalue weighted by atomic mass is 9.44. The highest BCUT2D eigenvalue weighted by Gasteiger charge is 2.60. The van der Waals surface area contributed by atoms with E-state index < -0.39 is 10.4 Å². The second-order valence-electron chi connectivity index (χ2n) is 10.4. The maximum absolute atomic E-state index is 12.2. The van der Waals surface area contributed by atoms with Crippen LogP contribution < -0.4 is 0 Å². The molecular formula is C21H34O5S. The highest BCUT2D eigenvalue weighted by molar-refractivity contribution is 7.80. The molecule has 0 heterocycles. The van der Waals surface area contributed by atoms with Crippen LogP contribution in [0.15, 0.2) is 0 Å². The molecule has 0 bridgehead atoms. The second-order valence-corrected chi connectivity index (χ2v) is 11.4. The fraction of sp³-hybridized carbons (Fsp3) is 0.952. The third-order valence-electron chi connectivity index (χ3n) is 9.37. The molecule has 0 spiro atoms. The molecule has 0 aromatic heterocycles. The average molecular weight is 399 g/mol. The molecule has 8 atom stereocenters. The molecule has 0 aliphatic heterocycles. The zero-order valence-electron chi connectivity index (χ0n) is 16.8. The van der Waals surface area contributed by atoms with Crippen molar-refractivity contribution in [1.82, 2.24) is 0 Å². The summed E-state index contributed by atoms with van der Waals surface area (Å²) in [6, 6.07) is 0. The number of hydrogen-bond acceptors (Lipinski definition) is 4. The molecule has 0 amide bonds. The molecule has 6 heteroatoms. The van der Waals surface area contributed by atoms with Crippen molar-refractivity contribution in [2.24, 2.45) is 40.4 Å². The zero-order chi connectivity index (χ0) is 19.6. The number of rotatable bonds is 3. The van der Waals surface area contributed by atoms with Crippen LogP contribution >= 0.6 is 0 Å². The third kappa shape index (κ3) is 3.20. The predicted octanol–water partition coefficient (Wildman–Crippen LogP) is 4.42. The first-order valence-electron chi connectivity index (χ1n) is 10.7. The van der Waals surface area contributed by atoms with E-state index in [1.165, 1.54) is 19.3 Å². The van der Waals surface area contributed by atoms with Crippen LogP contribution in [0.3, 0.4) is 0 Å². The molecule has 1 N–H and O–H groups in total. The van der Waals surface area contributed by atoms with Crippen molar-refractivity contribution >= 4 is 16.2 Å². The molecule has 4 rings (SSSR count). The van der Waals surface area contributed by atoms with Crippen molar-refractivity contribution in [1.29, 1.82) is 0 Å². The van der Waals surface area contributed by atoms with Gasteiger partial charge in [-0.1, -0.05) is 13.8 Å². The van der Waals surface area contributed by atoms with Gasteiger partial charge in [0, 0.05) is 5.92 Å². The van der Waals surface area contributed by atoms with Gasteiger partial charge in [-0.15, -0.1) is 0 Å². The Bertz CT molecular complexity index is 718. The number of ketones is 1. The van der Waals surface area contributed by atoms with Gasteiger partial charge >= 0.3 is 10.4 Å². The number of fused-ring (bicyclic) bond motifs is 5. The second kappa shape index (κ2) is 6.53. The first kappa shape index (κ1) is 19.8. The predicted molar refractivity (Wildman–Crippen MR) is 102 cm³/mol. The van der Waals surface area contributed by atoms with Gasteiger partial charge in [0.1, 0.15) is 5.78 Å². The van der Waals surface area contributed by atoms with Crippen molar-refractivity contribution in [2.45, 2.75) is 84.7 Å². The zero-order valence-corrected chi connectivity index (χ0v) is 17.6. The molecule has 4 aliphatic carbocycles. The van der Waals surface area contributed by atoms with Gasteiger partial charge in [-0.25, -0.2) is 4.18 Å². The Morgan fingerprint density at radius 1 is 0.963 bits per heavy atom. The van der Waals surface area contributed by atoms with Gasteiger partial charge in [0.15, 0.2) is 0 Å². The summed E-state index contributed by atoms with van der Waals surface area (Å²) in [5.41, 5.74) is 0.416. The van der Waals surface area contributed by atoms with Crippen LogP contribution in [0.5, 0.6) is 0 Å². The highest BCUT2D eigenvalue weighted by Crippen LogP contribution is 2.67. The first-order valence-corrected chi connectivity index (χ1v) is 12.1. The fourth-order valence-electron chi connectivity index (χ4n) is 8.15. The summed E-state index contributed by atoms with van der Waals surface area (Å²) in [5.74, 6) is 3.12. The maximum Gasteiger partial charge on any atom is 0.397 e. The van der Waals surface area contributed by atoms with Gasteiger partial charge in [0.05, 0.1) is 6.10 Å². The molecule has 0 radical (unpaired) electrons. The minimum Gasteiger partial charge on any atom is -0.300 e. The largest absolute Gasteiger partial charge is 0.397 e. The van der Waals surface area contributed by atoms with E-state index in [1.807, 2.05) is 0 Å². The van der Waals surface area contributed by atoms with Crippen LogP contribution in [0.2, 0.25) is 0 Å². The molecule has 0 unspecified atom stereocenters. The molecule has 27 heavy (non-hydrogen) atoms. The Morgan fingerprint density at radius 3 is 2.30 bits per heavy atom. The van der Waals surface area contributed by atoms with E-state index in [4.69, 9.17) is 8.74 Å². The van der Waals surface area contributed by atoms with Crippen LogP contribution in [0.4, 0.5) is 0 Å². The van der Waals surface area contributed by atoms with Crippen LogP contribution in [-0.4, -0.2) is 24.9 Å². The Hall–Kier alpha value is -0.460. The number of Topliss-reactive ketones (excluding diaryl/α,β-unsaturated/α-hetero) is 1. The summed E-state index contributed by atoms with van der Waals surface area (Å²) in [4.78, 5) is 12.2. The Balaban J connectivity index is 1.53. The van der Waals surface area contributed by atoms with Crippen LogP contribution in [-0.2, 0) is 19.4 Å². The SMILES string of the molecule is CC(=O)[C@H]1CC[C@H]2[C@@H]3CC[C@H]4C[C@H](OS(=O)(=O)O)CC[C@]4(C)[C@H]3CC[C@]12C. The number of carbonyl (C=O) groups is 1. The van der Waals surface area contributed by atoms with Crippen LogP contribution in [0.25, 0.3) is 0 Å². The van der Waals surface area contributed by atoms with E-state index in [0.29, 0.717) is 35.9 Å². The summed E-state index contributed by atoms with van der Waals surface area (Å²) in [7, 11) is -4.37. The van der Waals surface area contributed by atoms with Crippen molar-refractivity contribution in [3.05, 3.63) is 0 Å². The third-order valence-corrected chi connectivity index (χ3v) is 9.88. The van der Waals surface area contributed by atoms with Crippen molar-refractivity contribution in [3.8, 4) is 0 Å². The fourth-order valence-corrected chi connectivity index (χ4v) is 8.66. The monoisotopic (exact) mass is 398 g/mol. The molecule has 0 aromatic carbocycles. The number of hydrogen-bond donors (Lipinski definition) is 1. The molecule has 154 valence electrons. The quantitative estimate of drug-likeness (QED) is 0.712. The number of carbonyl (C=O) groups excluding carboxylic acids is 1. The molecule has 5 nitrogen and oxygen atoms in total. The van der Waals surface area contributed by atoms with Gasteiger partial charge in [0.25, 0.3) is 0 Å². The first-order chi connectivity index (χ1) is 12.5. The Morgan fingerprint density at radius 2 is 1.63 bits per heavy atom. The maximum atomic E-state index is 12.2. The van der Waals surface area contributed by atoms with Gasteiger partial charge in [0.2, 0.25) is 0 Å². The summed E-state index contributed by atoms with van der Waals surface area (Å²) in [6.07, 6.45) is 8.92. The molecule has 0 aromatic rings. The van der Waals surface area contributed by atoms with Gasteiger partial charge in [-0.3, -0.25) is 9.35 Å².